The summed E-state index contributed by atoms with van der Waals surface area (Å²) < 4.78 is 5.59. The molecule has 4 heteroatoms. The second kappa shape index (κ2) is 5.83. The fourth-order valence-corrected chi connectivity index (χ4v) is 3.01. The molecule has 4 nitrogen and oxygen atoms in total. The summed E-state index contributed by atoms with van der Waals surface area (Å²) in [6.07, 6.45) is 5.38. The van der Waals surface area contributed by atoms with Gasteiger partial charge >= 0.3 is 0 Å². The van der Waals surface area contributed by atoms with Crippen molar-refractivity contribution >= 4 is 5.91 Å². The van der Waals surface area contributed by atoms with Gasteiger partial charge in [-0.3, -0.25) is 4.79 Å². The van der Waals surface area contributed by atoms with Crippen molar-refractivity contribution in [2.24, 2.45) is 11.7 Å². The van der Waals surface area contributed by atoms with Crippen LogP contribution in [0.3, 0.4) is 0 Å². The number of nitrogens with zero attached hydrogens (tertiary/aromatic N) is 1. The number of ether oxygens (including phenoxy) is 1. The zero-order valence-electron chi connectivity index (χ0n) is 10.7. The van der Waals surface area contributed by atoms with E-state index in [-0.39, 0.29) is 17.9 Å². The first-order valence-corrected chi connectivity index (χ1v) is 6.88. The van der Waals surface area contributed by atoms with E-state index in [1.807, 2.05) is 11.8 Å². The van der Waals surface area contributed by atoms with E-state index < -0.39 is 0 Å². The highest BCUT2D eigenvalue weighted by Crippen LogP contribution is 2.27. The molecule has 1 aliphatic carbocycles. The van der Waals surface area contributed by atoms with E-state index in [0.29, 0.717) is 6.10 Å². The average molecular weight is 240 g/mol. The van der Waals surface area contributed by atoms with Gasteiger partial charge in [-0.05, 0) is 32.6 Å². The lowest BCUT2D eigenvalue weighted by molar-refractivity contribution is -0.138. The van der Waals surface area contributed by atoms with Crippen LogP contribution in [0.4, 0.5) is 0 Å². The highest BCUT2D eigenvalue weighted by molar-refractivity contribution is 5.80. The van der Waals surface area contributed by atoms with E-state index in [2.05, 4.69) is 0 Å². The molecule has 2 N–H and O–H groups in total. The fraction of sp³-hybridized carbons (Fsp3) is 0.923. The smallest absolute Gasteiger partial charge is 0.227 e. The molecule has 2 unspecified atom stereocenters. The van der Waals surface area contributed by atoms with E-state index in [9.17, 15) is 4.79 Å². The Kier molecular flexibility index (Phi) is 4.40. The van der Waals surface area contributed by atoms with Gasteiger partial charge in [0.1, 0.15) is 0 Å². The second-order valence-electron chi connectivity index (χ2n) is 5.18. The summed E-state index contributed by atoms with van der Waals surface area (Å²) in [5.74, 6) is 0.364. The molecule has 1 heterocycles. The van der Waals surface area contributed by atoms with E-state index in [4.69, 9.17) is 10.5 Å². The molecule has 98 valence electrons. The SMILES string of the molecule is CCOC1CCN(C(=O)C2CCCC2N)CC1. The number of carbonyl (C=O) groups is 1. The van der Waals surface area contributed by atoms with Crippen molar-refractivity contribution in [3.05, 3.63) is 0 Å². The van der Waals surface area contributed by atoms with Crippen LogP contribution >= 0.6 is 0 Å². The van der Waals surface area contributed by atoms with Crippen LogP contribution in [0.1, 0.15) is 39.0 Å². The number of hydrogen-bond donors (Lipinski definition) is 1. The van der Waals surface area contributed by atoms with E-state index >= 15 is 0 Å². The van der Waals surface area contributed by atoms with Crippen LogP contribution in [-0.4, -0.2) is 42.6 Å². The lowest BCUT2D eigenvalue weighted by Crippen LogP contribution is -2.46. The third-order valence-electron chi connectivity index (χ3n) is 4.04. The molecule has 2 rings (SSSR count). The highest BCUT2D eigenvalue weighted by atomic mass is 16.5. The highest BCUT2D eigenvalue weighted by Gasteiger charge is 2.34. The monoisotopic (exact) mass is 240 g/mol. The van der Waals surface area contributed by atoms with Gasteiger partial charge < -0.3 is 15.4 Å². The van der Waals surface area contributed by atoms with Gasteiger partial charge in [0.25, 0.3) is 0 Å². The van der Waals surface area contributed by atoms with Crippen LogP contribution in [0.5, 0.6) is 0 Å². The van der Waals surface area contributed by atoms with Crippen LogP contribution in [0.15, 0.2) is 0 Å². The van der Waals surface area contributed by atoms with Gasteiger partial charge in [0, 0.05) is 25.7 Å². The molecule has 1 aliphatic heterocycles. The second-order valence-corrected chi connectivity index (χ2v) is 5.18. The minimum Gasteiger partial charge on any atom is -0.378 e. The summed E-state index contributed by atoms with van der Waals surface area (Å²) in [4.78, 5) is 14.3. The van der Waals surface area contributed by atoms with Crippen LogP contribution in [0.25, 0.3) is 0 Å². The molecular weight excluding hydrogens is 216 g/mol. The van der Waals surface area contributed by atoms with Crippen molar-refractivity contribution in [2.75, 3.05) is 19.7 Å². The van der Waals surface area contributed by atoms with Crippen LogP contribution in [0, 0.1) is 5.92 Å². The number of piperidine rings is 1. The standard InChI is InChI=1S/C13H24N2O2/c1-2-17-10-6-8-15(9-7-10)13(16)11-4-3-5-12(11)14/h10-12H,2-9,14H2,1H3. The first-order valence-electron chi connectivity index (χ1n) is 6.88. The zero-order valence-corrected chi connectivity index (χ0v) is 10.7. The Bertz CT molecular complexity index is 262. The van der Waals surface area contributed by atoms with Gasteiger partial charge in [-0.2, -0.15) is 0 Å². The maximum absolute atomic E-state index is 12.3. The van der Waals surface area contributed by atoms with Gasteiger partial charge in [-0.15, -0.1) is 0 Å². The molecule has 0 spiro atoms. The van der Waals surface area contributed by atoms with Gasteiger partial charge in [0.2, 0.25) is 5.91 Å². The first kappa shape index (κ1) is 12.8. The van der Waals surface area contributed by atoms with Crippen molar-refractivity contribution in [3.8, 4) is 0 Å². The topological polar surface area (TPSA) is 55.6 Å². The summed E-state index contributed by atoms with van der Waals surface area (Å²) in [5, 5.41) is 0. The van der Waals surface area contributed by atoms with Crippen LogP contribution in [-0.2, 0) is 9.53 Å². The lowest BCUT2D eigenvalue weighted by Gasteiger charge is -2.34. The van der Waals surface area contributed by atoms with Gasteiger partial charge in [0.05, 0.1) is 12.0 Å². The quantitative estimate of drug-likeness (QED) is 0.805. The first-order chi connectivity index (χ1) is 8.22. The number of amides is 1. The van der Waals surface area contributed by atoms with Gasteiger partial charge in [-0.1, -0.05) is 6.42 Å². The van der Waals surface area contributed by atoms with Crippen molar-refractivity contribution in [2.45, 2.75) is 51.2 Å². The van der Waals surface area contributed by atoms with Gasteiger partial charge in [0.15, 0.2) is 0 Å². The maximum Gasteiger partial charge on any atom is 0.227 e. The largest absolute Gasteiger partial charge is 0.378 e. The third kappa shape index (κ3) is 2.99. The summed E-state index contributed by atoms with van der Waals surface area (Å²) >= 11 is 0. The van der Waals surface area contributed by atoms with Crippen molar-refractivity contribution in [1.29, 1.82) is 0 Å². The number of carbonyl (C=O) groups excluding carboxylic acids is 1. The molecule has 1 amide bonds. The Morgan fingerprint density at radius 1 is 1.29 bits per heavy atom. The lowest BCUT2D eigenvalue weighted by atomic mass is 10.00. The van der Waals surface area contributed by atoms with E-state index in [1.54, 1.807) is 0 Å². The fourth-order valence-electron chi connectivity index (χ4n) is 3.01. The predicted molar refractivity (Wildman–Crippen MR) is 66.5 cm³/mol. The Balaban J connectivity index is 1.82. The molecular formula is C13H24N2O2. The molecule has 0 radical (unpaired) electrons. The summed E-state index contributed by atoms with van der Waals surface area (Å²) in [6.45, 7) is 4.47. The molecule has 0 aromatic heterocycles. The van der Waals surface area contributed by atoms with Crippen molar-refractivity contribution in [3.63, 3.8) is 0 Å². The Hall–Kier alpha value is -0.610. The zero-order chi connectivity index (χ0) is 12.3. The van der Waals surface area contributed by atoms with E-state index in [1.165, 1.54) is 0 Å². The Labute approximate surface area is 103 Å². The molecule has 17 heavy (non-hydrogen) atoms. The molecule has 2 aliphatic rings. The maximum atomic E-state index is 12.3. The van der Waals surface area contributed by atoms with Gasteiger partial charge in [-0.25, -0.2) is 0 Å². The number of likely N-dealkylation sites (tertiary alicyclic amines) is 1. The van der Waals surface area contributed by atoms with Crippen LogP contribution < -0.4 is 5.73 Å². The molecule has 1 saturated heterocycles. The van der Waals surface area contributed by atoms with E-state index in [0.717, 1.165) is 51.8 Å². The average Bonchev–Trinajstić information content (AvgIpc) is 2.76. The van der Waals surface area contributed by atoms with Crippen molar-refractivity contribution in [1.82, 2.24) is 4.90 Å². The summed E-state index contributed by atoms with van der Waals surface area (Å²) in [7, 11) is 0. The molecule has 1 saturated carbocycles. The number of rotatable bonds is 3. The minimum absolute atomic E-state index is 0.0821. The molecule has 2 fully saturated rings. The van der Waals surface area contributed by atoms with Crippen LogP contribution in [0.2, 0.25) is 0 Å². The third-order valence-corrected chi connectivity index (χ3v) is 4.04. The molecule has 0 aromatic rings. The summed E-state index contributed by atoms with van der Waals surface area (Å²) in [5.41, 5.74) is 5.99. The Morgan fingerprint density at radius 3 is 2.53 bits per heavy atom. The summed E-state index contributed by atoms with van der Waals surface area (Å²) in [6, 6.07) is 0.0899. The minimum atomic E-state index is 0.0821. The molecule has 2 atom stereocenters. The normalized spacial score (nSPS) is 30.8. The molecule has 0 aromatic carbocycles. The number of hydrogen-bond acceptors (Lipinski definition) is 3. The molecule has 0 bridgehead atoms. The number of nitrogens with two attached hydrogens (primary N) is 1. The predicted octanol–water partition coefficient (Wildman–Crippen LogP) is 1.14. The Morgan fingerprint density at radius 2 is 2.00 bits per heavy atom. The van der Waals surface area contributed by atoms with Crippen molar-refractivity contribution < 1.29 is 9.53 Å².